The molecule has 6 heteroatoms. The number of piperidine rings is 1. The van der Waals surface area contributed by atoms with Gasteiger partial charge in [0.25, 0.3) is 5.91 Å². The number of anilines is 1. The number of nitrogens with zero attached hydrogens (tertiary/aromatic N) is 2. The van der Waals surface area contributed by atoms with Crippen molar-refractivity contribution in [2.75, 3.05) is 24.7 Å². The summed E-state index contributed by atoms with van der Waals surface area (Å²) in [5, 5.41) is 13.1. The van der Waals surface area contributed by atoms with Crippen LogP contribution in [0.1, 0.15) is 40.9 Å². The molecule has 2 aromatic rings. The van der Waals surface area contributed by atoms with E-state index >= 15 is 0 Å². The molecule has 1 saturated heterocycles. The summed E-state index contributed by atoms with van der Waals surface area (Å²) in [7, 11) is 0. The third kappa shape index (κ3) is 2.98. The van der Waals surface area contributed by atoms with Crippen LogP contribution >= 0.6 is 11.3 Å². The zero-order valence-electron chi connectivity index (χ0n) is 14.6. The van der Waals surface area contributed by atoms with E-state index in [1.54, 1.807) is 29.2 Å². The minimum absolute atomic E-state index is 0.203. The lowest BCUT2D eigenvalue weighted by Gasteiger charge is -2.31. The van der Waals surface area contributed by atoms with Crippen LogP contribution in [0.15, 0.2) is 41.8 Å². The van der Waals surface area contributed by atoms with Gasteiger partial charge >= 0.3 is 0 Å². The molecule has 0 saturated carbocycles. The molecule has 1 N–H and O–H groups in total. The lowest BCUT2D eigenvalue weighted by Crippen LogP contribution is -2.47. The van der Waals surface area contributed by atoms with E-state index in [0.717, 1.165) is 25.9 Å². The number of carbonyl (C=O) groups is 2. The van der Waals surface area contributed by atoms with E-state index in [-0.39, 0.29) is 12.2 Å². The van der Waals surface area contributed by atoms with Gasteiger partial charge in [0.1, 0.15) is 0 Å². The summed E-state index contributed by atoms with van der Waals surface area (Å²) < 4.78 is 0. The minimum Gasteiger partial charge on any atom is -0.375 e. The number of hydrogen-bond donors (Lipinski definition) is 1. The summed E-state index contributed by atoms with van der Waals surface area (Å²) in [6.07, 6.45) is 3.26. The molecule has 1 amide bonds. The maximum atomic E-state index is 13.2. The van der Waals surface area contributed by atoms with E-state index in [1.165, 1.54) is 17.8 Å². The fraction of sp³-hybridized carbons (Fsp3) is 0.400. The molecule has 0 radical (unpaired) electrons. The Kier molecular flexibility index (Phi) is 4.65. The summed E-state index contributed by atoms with van der Waals surface area (Å²) in [4.78, 5) is 30.2. The van der Waals surface area contributed by atoms with Crippen LogP contribution < -0.4 is 4.90 Å². The van der Waals surface area contributed by atoms with Crippen molar-refractivity contribution in [3.05, 3.63) is 52.2 Å². The summed E-state index contributed by atoms with van der Waals surface area (Å²) >= 11 is 1.33. The highest BCUT2D eigenvalue weighted by Crippen LogP contribution is 2.43. The topological polar surface area (TPSA) is 60.9 Å². The van der Waals surface area contributed by atoms with Crippen LogP contribution in [0, 0.1) is 0 Å². The second-order valence-corrected chi connectivity index (χ2v) is 7.96. The molecular weight excluding hydrogens is 348 g/mol. The van der Waals surface area contributed by atoms with Crippen molar-refractivity contribution >= 4 is 28.7 Å². The average Bonchev–Trinajstić information content (AvgIpc) is 3.26. The number of para-hydroxylation sites is 1. The zero-order valence-corrected chi connectivity index (χ0v) is 15.4. The second-order valence-electron chi connectivity index (χ2n) is 7.01. The molecule has 1 atom stereocenters. The van der Waals surface area contributed by atoms with Gasteiger partial charge in [-0.1, -0.05) is 30.7 Å². The number of thiophene rings is 1. The molecule has 0 aliphatic carbocycles. The molecule has 1 aromatic heterocycles. The van der Waals surface area contributed by atoms with Gasteiger partial charge in [-0.15, -0.1) is 11.3 Å². The Morgan fingerprint density at radius 2 is 1.88 bits per heavy atom. The molecule has 3 heterocycles. The second kappa shape index (κ2) is 6.95. The Labute approximate surface area is 156 Å². The van der Waals surface area contributed by atoms with Gasteiger partial charge in [0.05, 0.1) is 23.7 Å². The van der Waals surface area contributed by atoms with Crippen molar-refractivity contribution in [3.63, 3.8) is 0 Å². The number of Topliss-reactive ketones (excluding diaryl/α,β-unsaturated/α-hetero) is 1. The molecule has 136 valence electrons. The van der Waals surface area contributed by atoms with E-state index in [9.17, 15) is 14.7 Å². The van der Waals surface area contributed by atoms with E-state index in [2.05, 4.69) is 4.90 Å². The van der Waals surface area contributed by atoms with E-state index < -0.39 is 11.5 Å². The SMILES string of the molecule is O=C(CC1(O)C(=O)N(CN2CCCCC2)c2ccccc21)c1cccs1. The number of benzene rings is 1. The van der Waals surface area contributed by atoms with Gasteiger partial charge in [-0.2, -0.15) is 0 Å². The number of rotatable bonds is 5. The predicted octanol–water partition coefficient (Wildman–Crippen LogP) is 3.00. The van der Waals surface area contributed by atoms with Crippen molar-refractivity contribution in [1.82, 2.24) is 4.90 Å². The number of aliphatic hydroxyl groups is 1. The van der Waals surface area contributed by atoms with Crippen molar-refractivity contribution in [2.24, 2.45) is 0 Å². The molecule has 2 aliphatic rings. The predicted molar refractivity (Wildman–Crippen MR) is 101 cm³/mol. The van der Waals surface area contributed by atoms with E-state index in [0.29, 0.717) is 22.8 Å². The van der Waals surface area contributed by atoms with Crippen molar-refractivity contribution in [3.8, 4) is 0 Å². The number of likely N-dealkylation sites (tertiary alicyclic amines) is 1. The molecule has 0 bridgehead atoms. The molecule has 5 nitrogen and oxygen atoms in total. The molecule has 1 unspecified atom stereocenters. The third-order valence-electron chi connectivity index (χ3n) is 5.24. The summed E-state index contributed by atoms with van der Waals surface area (Å²) in [6.45, 7) is 2.38. The van der Waals surface area contributed by atoms with Crippen LogP contribution in [0.4, 0.5) is 5.69 Å². The molecular formula is C20H22N2O3S. The van der Waals surface area contributed by atoms with Crippen molar-refractivity contribution < 1.29 is 14.7 Å². The van der Waals surface area contributed by atoms with Gasteiger partial charge in [0.2, 0.25) is 0 Å². The highest BCUT2D eigenvalue weighted by molar-refractivity contribution is 7.12. The molecule has 26 heavy (non-hydrogen) atoms. The fourth-order valence-corrected chi connectivity index (χ4v) is 4.54. The van der Waals surface area contributed by atoms with Gasteiger partial charge in [0, 0.05) is 5.56 Å². The van der Waals surface area contributed by atoms with Crippen LogP contribution in [0.3, 0.4) is 0 Å². The molecule has 1 aromatic carbocycles. The summed E-state index contributed by atoms with van der Waals surface area (Å²) in [5.74, 6) is -0.598. The van der Waals surface area contributed by atoms with Crippen LogP contribution in [-0.2, 0) is 10.4 Å². The highest BCUT2D eigenvalue weighted by Gasteiger charge is 2.51. The van der Waals surface area contributed by atoms with E-state index in [4.69, 9.17) is 0 Å². The lowest BCUT2D eigenvalue weighted by molar-refractivity contribution is -0.136. The Morgan fingerprint density at radius 3 is 2.62 bits per heavy atom. The molecule has 1 fully saturated rings. The normalized spacial score (nSPS) is 23.3. The molecule has 2 aliphatic heterocycles. The fourth-order valence-electron chi connectivity index (χ4n) is 3.88. The third-order valence-corrected chi connectivity index (χ3v) is 6.15. The summed E-state index contributed by atoms with van der Waals surface area (Å²) in [5.41, 5.74) is -0.538. The van der Waals surface area contributed by atoms with Crippen molar-refractivity contribution in [2.45, 2.75) is 31.3 Å². The monoisotopic (exact) mass is 370 g/mol. The first-order valence-electron chi connectivity index (χ1n) is 9.02. The first-order chi connectivity index (χ1) is 12.6. The molecule has 0 spiro atoms. The first-order valence-corrected chi connectivity index (χ1v) is 9.90. The van der Waals surface area contributed by atoms with Gasteiger partial charge in [-0.05, 0) is 43.4 Å². The standard InChI is InChI=1S/C20H22N2O3S/c23-17(18-9-6-12-26-18)13-20(25)15-7-2-3-8-16(15)22(19(20)24)14-21-10-4-1-5-11-21/h2-3,6-9,12,25H,1,4-5,10-11,13-14H2. The number of carbonyl (C=O) groups excluding carboxylic acids is 2. The van der Waals surface area contributed by atoms with Gasteiger partial charge < -0.3 is 5.11 Å². The molecule has 4 rings (SSSR count). The van der Waals surface area contributed by atoms with E-state index in [1.807, 2.05) is 17.5 Å². The Balaban J connectivity index is 1.63. The van der Waals surface area contributed by atoms with Gasteiger partial charge in [0.15, 0.2) is 11.4 Å². The first kappa shape index (κ1) is 17.4. The largest absolute Gasteiger partial charge is 0.375 e. The quantitative estimate of drug-likeness (QED) is 0.822. The van der Waals surface area contributed by atoms with Crippen molar-refractivity contribution in [1.29, 1.82) is 0 Å². The smallest absolute Gasteiger partial charge is 0.265 e. The number of amides is 1. The van der Waals surface area contributed by atoms with Gasteiger partial charge in [-0.3, -0.25) is 19.4 Å². The van der Waals surface area contributed by atoms with Crippen LogP contribution in [-0.4, -0.2) is 41.5 Å². The average molecular weight is 370 g/mol. The highest BCUT2D eigenvalue weighted by atomic mass is 32.1. The van der Waals surface area contributed by atoms with Crippen LogP contribution in [0.2, 0.25) is 0 Å². The summed E-state index contributed by atoms with van der Waals surface area (Å²) in [6, 6.07) is 10.8. The number of ketones is 1. The minimum atomic E-state index is -1.78. The Bertz CT molecular complexity index is 814. The van der Waals surface area contributed by atoms with Crippen LogP contribution in [0.25, 0.3) is 0 Å². The maximum Gasteiger partial charge on any atom is 0.265 e. The number of fused-ring (bicyclic) bond motifs is 1. The maximum absolute atomic E-state index is 13.2. The Hall–Kier alpha value is -2.02. The van der Waals surface area contributed by atoms with Gasteiger partial charge in [-0.25, -0.2) is 0 Å². The Morgan fingerprint density at radius 1 is 1.12 bits per heavy atom. The number of hydrogen-bond acceptors (Lipinski definition) is 5. The lowest BCUT2D eigenvalue weighted by atomic mass is 9.89. The van der Waals surface area contributed by atoms with Crippen LogP contribution in [0.5, 0.6) is 0 Å². The zero-order chi connectivity index (χ0) is 18.1.